The van der Waals surface area contributed by atoms with E-state index in [1.165, 1.54) is 0 Å². The highest BCUT2D eigenvalue weighted by atomic mass is 16.2. The molecule has 0 spiro atoms. The topological polar surface area (TPSA) is 101 Å². The molecule has 0 aromatic heterocycles. The predicted octanol–water partition coefficient (Wildman–Crippen LogP) is 0.0630. The maximum atomic E-state index is 12.2. The van der Waals surface area contributed by atoms with Gasteiger partial charge < -0.3 is 11.1 Å². The van der Waals surface area contributed by atoms with Crippen LogP contribution in [0.15, 0.2) is 0 Å². The van der Waals surface area contributed by atoms with Gasteiger partial charge in [-0.3, -0.25) is 19.7 Å². The Labute approximate surface area is 118 Å². The predicted molar refractivity (Wildman–Crippen MR) is 73.4 cm³/mol. The van der Waals surface area contributed by atoms with Gasteiger partial charge in [-0.1, -0.05) is 12.8 Å². The van der Waals surface area contributed by atoms with Crippen LogP contribution in [0.5, 0.6) is 0 Å². The van der Waals surface area contributed by atoms with E-state index in [4.69, 9.17) is 5.73 Å². The second-order valence-corrected chi connectivity index (χ2v) is 5.82. The van der Waals surface area contributed by atoms with E-state index in [1.54, 1.807) is 0 Å². The maximum Gasteiger partial charge on any atom is 0.249 e. The van der Waals surface area contributed by atoms with Crippen molar-refractivity contribution in [2.24, 2.45) is 17.6 Å². The van der Waals surface area contributed by atoms with Crippen molar-refractivity contribution in [1.82, 2.24) is 10.6 Å². The van der Waals surface area contributed by atoms with Gasteiger partial charge in [0, 0.05) is 12.3 Å². The number of carbonyl (C=O) groups is 3. The van der Waals surface area contributed by atoms with Crippen LogP contribution in [-0.4, -0.2) is 30.3 Å². The van der Waals surface area contributed by atoms with Crippen LogP contribution in [0, 0.1) is 11.8 Å². The molecule has 4 N–H and O–H groups in total. The molecule has 6 nitrogen and oxygen atoms in total. The van der Waals surface area contributed by atoms with Gasteiger partial charge in [0.2, 0.25) is 17.7 Å². The first-order valence-corrected chi connectivity index (χ1v) is 7.44. The van der Waals surface area contributed by atoms with Crippen LogP contribution < -0.4 is 16.4 Å². The molecule has 0 aromatic rings. The number of amides is 3. The maximum absolute atomic E-state index is 12.2. The lowest BCUT2D eigenvalue weighted by Gasteiger charge is -2.30. The Morgan fingerprint density at radius 3 is 2.80 bits per heavy atom. The number of carbonyl (C=O) groups excluding carboxylic acids is 3. The summed E-state index contributed by atoms with van der Waals surface area (Å²) >= 11 is 0. The van der Waals surface area contributed by atoms with E-state index >= 15 is 0 Å². The van der Waals surface area contributed by atoms with Crippen molar-refractivity contribution in [3.05, 3.63) is 0 Å². The Hall–Kier alpha value is -1.43. The minimum absolute atomic E-state index is 0.0225. The summed E-state index contributed by atoms with van der Waals surface area (Å²) in [6.45, 7) is 0.659. The van der Waals surface area contributed by atoms with Crippen molar-refractivity contribution in [3.8, 4) is 0 Å². The lowest BCUT2D eigenvalue weighted by atomic mass is 9.79. The zero-order valence-electron chi connectivity index (χ0n) is 11.7. The smallest absolute Gasteiger partial charge is 0.249 e. The molecule has 1 aliphatic heterocycles. The molecule has 1 saturated heterocycles. The molecule has 3 atom stereocenters. The standard InChI is InChI=1S/C14H23N3O3/c15-7-6-9-2-1-3-10(8-9)13(19)16-11-4-5-12(18)17-14(11)20/h9-11H,1-8,15H2,(H,16,19)(H,17,18,20). The minimum Gasteiger partial charge on any atom is -0.344 e. The summed E-state index contributed by atoms with van der Waals surface area (Å²) < 4.78 is 0. The summed E-state index contributed by atoms with van der Waals surface area (Å²) in [5.41, 5.74) is 5.58. The Morgan fingerprint density at radius 1 is 1.30 bits per heavy atom. The van der Waals surface area contributed by atoms with Crippen LogP contribution in [0.2, 0.25) is 0 Å². The lowest BCUT2D eigenvalue weighted by molar-refractivity contribution is -0.138. The molecule has 1 aliphatic carbocycles. The summed E-state index contributed by atoms with van der Waals surface area (Å²) in [5, 5.41) is 5.04. The summed E-state index contributed by atoms with van der Waals surface area (Å²) in [7, 11) is 0. The zero-order valence-corrected chi connectivity index (χ0v) is 11.7. The fourth-order valence-electron chi connectivity index (χ4n) is 3.15. The Kier molecular flexibility index (Phi) is 5.11. The quantitative estimate of drug-likeness (QED) is 0.634. The molecule has 112 valence electrons. The minimum atomic E-state index is -0.560. The summed E-state index contributed by atoms with van der Waals surface area (Å²) in [5.74, 6) is -0.205. The van der Waals surface area contributed by atoms with Crippen LogP contribution in [0.25, 0.3) is 0 Å². The van der Waals surface area contributed by atoms with E-state index in [-0.39, 0.29) is 30.1 Å². The van der Waals surface area contributed by atoms with Crippen molar-refractivity contribution in [3.63, 3.8) is 0 Å². The van der Waals surface area contributed by atoms with E-state index in [0.29, 0.717) is 18.9 Å². The molecule has 6 heteroatoms. The zero-order chi connectivity index (χ0) is 14.5. The van der Waals surface area contributed by atoms with Crippen molar-refractivity contribution in [2.45, 2.75) is 51.0 Å². The van der Waals surface area contributed by atoms with Crippen LogP contribution in [0.1, 0.15) is 44.9 Å². The van der Waals surface area contributed by atoms with E-state index in [2.05, 4.69) is 10.6 Å². The van der Waals surface area contributed by atoms with E-state index < -0.39 is 6.04 Å². The van der Waals surface area contributed by atoms with Crippen molar-refractivity contribution >= 4 is 17.7 Å². The highest BCUT2D eigenvalue weighted by molar-refractivity contribution is 6.01. The third-order valence-corrected chi connectivity index (χ3v) is 4.28. The van der Waals surface area contributed by atoms with Gasteiger partial charge in [0.25, 0.3) is 0 Å². The lowest BCUT2D eigenvalue weighted by Crippen LogP contribution is -2.53. The first-order chi connectivity index (χ1) is 9.60. The largest absolute Gasteiger partial charge is 0.344 e. The normalized spacial score (nSPS) is 30.8. The van der Waals surface area contributed by atoms with Gasteiger partial charge in [0.15, 0.2) is 0 Å². The number of nitrogens with one attached hydrogen (secondary N) is 2. The molecule has 1 saturated carbocycles. The van der Waals surface area contributed by atoms with Crippen LogP contribution in [-0.2, 0) is 14.4 Å². The molecule has 2 aliphatic rings. The average molecular weight is 281 g/mol. The van der Waals surface area contributed by atoms with Gasteiger partial charge in [-0.25, -0.2) is 0 Å². The molecular formula is C14H23N3O3. The third kappa shape index (κ3) is 3.79. The third-order valence-electron chi connectivity index (χ3n) is 4.28. The first-order valence-electron chi connectivity index (χ1n) is 7.44. The van der Waals surface area contributed by atoms with E-state index in [0.717, 1.165) is 32.1 Å². The average Bonchev–Trinajstić information content (AvgIpc) is 2.42. The molecule has 3 amide bonds. The van der Waals surface area contributed by atoms with Crippen molar-refractivity contribution < 1.29 is 14.4 Å². The molecule has 3 unspecified atom stereocenters. The van der Waals surface area contributed by atoms with Gasteiger partial charge in [0.05, 0.1) is 0 Å². The van der Waals surface area contributed by atoms with Gasteiger partial charge >= 0.3 is 0 Å². The van der Waals surface area contributed by atoms with E-state index in [1.807, 2.05) is 0 Å². The van der Waals surface area contributed by atoms with Gasteiger partial charge in [-0.05, 0) is 38.1 Å². The molecule has 2 rings (SSSR count). The fraction of sp³-hybridized carbons (Fsp3) is 0.786. The summed E-state index contributed by atoms with van der Waals surface area (Å²) in [6, 6.07) is -0.560. The number of hydrogen-bond donors (Lipinski definition) is 3. The number of piperidine rings is 1. The number of rotatable bonds is 4. The van der Waals surface area contributed by atoms with Gasteiger partial charge in [-0.2, -0.15) is 0 Å². The van der Waals surface area contributed by atoms with Crippen LogP contribution >= 0.6 is 0 Å². The molecule has 20 heavy (non-hydrogen) atoms. The van der Waals surface area contributed by atoms with Crippen LogP contribution in [0.3, 0.4) is 0 Å². The fourth-order valence-corrected chi connectivity index (χ4v) is 3.15. The SMILES string of the molecule is NCCC1CCCC(C(=O)NC2CCC(=O)NC2=O)C1. The number of nitrogens with two attached hydrogens (primary N) is 1. The molecule has 0 bridgehead atoms. The second-order valence-electron chi connectivity index (χ2n) is 5.82. The van der Waals surface area contributed by atoms with Crippen molar-refractivity contribution in [2.75, 3.05) is 6.54 Å². The molecule has 0 radical (unpaired) electrons. The second kappa shape index (κ2) is 6.83. The first kappa shape index (κ1) is 15.0. The van der Waals surface area contributed by atoms with Gasteiger partial charge in [0.1, 0.15) is 6.04 Å². The molecule has 0 aromatic carbocycles. The Morgan fingerprint density at radius 2 is 2.10 bits per heavy atom. The molecule has 2 fully saturated rings. The summed E-state index contributed by atoms with van der Waals surface area (Å²) in [4.78, 5) is 34.9. The van der Waals surface area contributed by atoms with Crippen LogP contribution in [0.4, 0.5) is 0 Å². The highest BCUT2D eigenvalue weighted by Gasteiger charge is 2.32. The molecule has 1 heterocycles. The Balaban J connectivity index is 1.84. The number of imide groups is 1. The highest BCUT2D eigenvalue weighted by Crippen LogP contribution is 2.31. The van der Waals surface area contributed by atoms with Crippen molar-refractivity contribution in [1.29, 1.82) is 0 Å². The number of hydrogen-bond acceptors (Lipinski definition) is 4. The Bertz CT molecular complexity index is 395. The van der Waals surface area contributed by atoms with E-state index in [9.17, 15) is 14.4 Å². The summed E-state index contributed by atoms with van der Waals surface area (Å²) in [6.07, 6.45) is 5.56. The van der Waals surface area contributed by atoms with Gasteiger partial charge in [-0.15, -0.1) is 0 Å². The monoisotopic (exact) mass is 281 g/mol. The molecular weight excluding hydrogens is 258 g/mol.